The van der Waals surface area contributed by atoms with Gasteiger partial charge in [0, 0.05) is 56.5 Å². The normalized spacial score (nSPS) is 16.2. The molecule has 2 amide bonds. The topological polar surface area (TPSA) is 139 Å². The van der Waals surface area contributed by atoms with E-state index in [1.807, 2.05) is 30.3 Å². The molecule has 1 aliphatic rings. The molecule has 0 saturated carbocycles. The molecule has 1 aliphatic heterocycles. The molecular formula is C30H31F3N6O4. The molecule has 5 N–H and O–H groups in total. The number of aliphatic hydroxyl groups is 1. The van der Waals surface area contributed by atoms with Gasteiger partial charge in [0.2, 0.25) is 11.6 Å². The standard InChI is InChI=1S/C30H31F3N6O4/c31-30(32,33)26-24(25-8-4-5-11-39(25)36-26)19-43-22-9-10-23(27(34)40)21(16-22)17-29(42,28(35)41)38-14-12-37(13-15-38)18-20-6-2-1-3-7-20/h1-11,16,42H,12-15,17-19H2,(H2,34,40)(H2,35,41)/t29-/m0/s1. The molecular weight excluding hydrogens is 565 g/mol. The fourth-order valence-corrected chi connectivity index (χ4v) is 5.36. The molecule has 1 fully saturated rings. The van der Waals surface area contributed by atoms with Crippen LogP contribution in [-0.2, 0) is 30.5 Å². The second-order valence-corrected chi connectivity index (χ2v) is 10.4. The van der Waals surface area contributed by atoms with Crippen LogP contribution in [0.2, 0.25) is 0 Å². The Kier molecular flexibility index (Phi) is 8.40. The van der Waals surface area contributed by atoms with E-state index in [1.54, 1.807) is 17.0 Å². The summed E-state index contributed by atoms with van der Waals surface area (Å²) in [4.78, 5) is 28.7. The van der Waals surface area contributed by atoms with Crippen molar-refractivity contribution in [2.75, 3.05) is 26.2 Å². The lowest BCUT2D eigenvalue weighted by molar-refractivity contribution is -0.164. The number of ether oxygens (including phenoxy) is 1. The number of nitrogens with zero attached hydrogens (tertiary/aromatic N) is 4. The van der Waals surface area contributed by atoms with E-state index in [2.05, 4.69) is 10.00 Å². The Hall–Kier alpha value is -4.46. The zero-order valence-corrected chi connectivity index (χ0v) is 23.1. The van der Waals surface area contributed by atoms with Crippen molar-refractivity contribution in [3.63, 3.8) is 0 Å². The molecule has 43 heavy (non-hydrogen) atoms. The highest BCUT2D eigenvalue weighted by molar-refractivity contribution is 5.95. The van der Waals surface area contributed by atoms with Crippen LogP contribution in [0, 0.1) is 0 Å². The van der Waals surface area contributed by atoms with E-state index in [9.17, 15) is 27.9 Å². The maximum Gasteiger partial charge on any atom is 0.435 e. The van der Waals surface area contributed by atoms with E-state index in [0.717, 1.165) is 10.1 Å². The van der Waals surface area contributed by atoms with E-state index in [-0.39, 0.29) is 34.4 Å². The Labute approximate surface area is 245 Å². The summed E-state index contributed by atoms with van der Waals surface area (Å²) in [6, 6.07) is 18.6. The van der Waals surface area contributed by atoms with Crippen molar-refractivity contribution in [2.24, 2.45) is 11.5 Å². The first-order valence-corrected chi connectivity index (χ1v) is 13.6. The molecule has 2 aromatic carbocycles. The van der Waals surface area contributed by atoms with Gasteiger partial charge in [0.05, 0.1) is 5.52 Å². The van der Waals surface area contributed by atoms with Gasteiger partial charge in [-0.25, -0.2) is 4.52 Å². The Morgan fingerprint density at radius 1 is 0.953 bits per heavy atom. The highest BCUT2D eigenvalue weighted by atomic mass is 19.4. The minimum atomic E-state index is -4.71. The van der Waals surface area contributed by atoms with Crippen molar-refractivity contribution >= 4 is 17.3 Å². The molecule has 1 atom stereocenters. The lowest BCUT2D eigenvalue weighted by Gasteiger charge is -2.43. The predicted octanol–water partition coefficient (Wildman–Crippen LogP) is 2.57. The van der Waals surface area contributed by atoms with Gasteiger partial charge in [-0.2, -0.15) is 18.3 Å². The summed E-state index contributed by atoms with van der Waals surface area (Å²) < 4.78 is 48.0. The predicted molar refractivity (Wildman–Crippen MR) is 151 cm³/mol. The quantitative estimate of drug-likeness (QED) is 0.256. The molecule has 4 aromatic rings. The average molecular weight is 597 g/mol. The van der Waals surface area contributed by atoms with Crippen molar-refractivity contribution in [2.45, 2.75) is 31.5 Å². The van der Waals surface area contributed by atoms with Crippen LogP contribution in [0.25, 0.3) is 5.52 Å². The molecule has 5 rings (SSSR count). The molecule has 3 heterocycles. The zero-order chi connectivity index (χ0) is 30.8. The van der Waals surface area contributed by atoms with Gasteiger partial charge in [0.15, 0.2) is 5.69 Å². The molecule has 0 bridgehead atoms. The van der Waals surface area contributed by atoms with Gasteiger partial charge in [0.25, 0.3) is 5.91 Å². The largest absolute Gasteiger partial charge is 0.489 e. The van der Waals surface area contributed by atoms with Crippen molar-refractivity contribution in [1.29, 1.82) is 0 Å². The fraction of sp³-hybridized carbons (Fsp3) is 0.300. The molecule has 0 spiro atoms. The summed E-state index contributed by atoms with van der Waals surface area (Å²) in [6.45, 7) is 1.97. The van der Waals surface area contributed by atoms with Gasteiger partial charge < -0.3 is 21.3 Å². The second-order valence-electron chi connectivity index (χ2n) is 10.4. The zero-order valence-electron chi connectivity index (χ0n) is 23.1. The lowest BCUT2D eigenvalue weighted by atomic mass is 9.94. The number of halogens is 3. The Balaban J connectivity index is 1.36. The van der Waals surface area contributed by atoms with Gasteiger partial charge in [-0.3, -0.25) is 19.4 Å². The highest BCUT2D eigenvalue weighted by Crippen LogP contribution is 2.34. The van der Waals surface area contributed by atoms with Crippen LogP contribution in [0.4, 0.5) is 13.2 Å². The van der Waals surface area contributed by atoms with Crippen LogP contribution < -0.4 is 16.2 Å². The SMILES string of the molecule is NC(=O)c1ccc(OCc2c(C(F)(F)F)nn3ccccc23)cc1C[C@](O)(C(N)=O)N1CCN(Cc2ccccc2)CC1. The average Bonchev–Trinajstić information content (AvgIpc) is 3.36. The smallest absolute Gasteiger partial charge is 0.435 e. The van der Waals surface area contributed by atoms with Gasteiger partial charge >= 0.3 is 6.18 Å². The van der Waals surface area contributed by atoms with Crippen LogP contribution in [0.15, 0.2) is 72.9 Å². The second kappa shape index (κ2) is 12.0. The summed E-state index contributed by atoms with van der Waals surface area (Å²) >= 11 is 0. The molecule has 0 aliphatic carbocycles. The van der Waals surface area contributed by atoms with E-state index in [4.69, 9.17) is 16.2 Å². The fourth-order valence-electron chi connectivity index (χ4n) is 5.36. The minimum absolute atomic E-state index is 0.0155. The van der Waals surface area contributed by atoms with Crippen molar-refractivity contribution in [3.05, 3.63) is 101 Å². The van der Waals surface area contributed by atoms with E-state index >= 15 is 0 Å². The van der Waals surface area contributed by atoms with E-state index in [1.165, 1.54) is 30.5 Å². The van der Waals surface area contributed by atoms with Gasteiger partial charge in [-0.15, -0.1) is 0 Å². The number of carbonyl (C=O) groups is 2. The van der Waals surface area contributed by atoms with Crippen LogP contribution in [-0.4, -0.2) is 68.2 Å². The number of alkyl halides is 3. The number of primary amides is 2. The van der Waals surface area contributed by atoms with E-state index in [0.29, 0.717) is 32.7 Å². The first-order chi connectivity index (χ1) is 20.5. The van der Waals surface area contributed by atoms with Crippen molar-refractivity contribution in [1.82, 2.24) is 19.4 Å². The summed E-state index contributed by atoms with van der Waals surface area (Å²) in [5, 5.41) is 15.2. The first kappa shape index (κ1) is 30.0. The van der Waals surface area contributed by atoms with Gasteiger partial charge in [0.1, 0.15) is 12.4 Å². The third-order valence-corrected chi connectivity index (χ3v) is 7.61. The molecule has 10 nitrogen and oxygen atoms in total. The number of pyridine rings is 1. The molecule has 2 aromatic heterocycles. The summed E-state index contributed by atoms with van der Waals surface area (Å²) in [5.74, 6) is -1.72. The number of hydrogen-bond donors (Lipinski definition) is 3. The summed E-state index contributed by atoms with van der Waals surface area (Å²) in [7, 11) is 0. The Bertz CT molecular complexity index is 1620. The third kappa shape index (κ3) is 6.48. The van der Waals surface area contributed by atoms with Gasteiger partial charge in [-0.05, 0) is 41.5 Å². The van der Waals surface area contributed by atoms with Crippen LogP contribution in [0.3, 0.4) is 0 Å². The molecule has 0 radical (unpaired) electrons. The van der Waals surface area contributed by atoms with Gasteiger partial charge in [-0.1, -0.05) is 36.4 Å². The first-order valence-electron chi connectivity index (χ1n) is 13.6. The molecule has 1 saturated heterocycles. The number of piperazine rings is 1. The number of aromatic nitrogens is 2. The number of fused-ring (bicyclic) bond motifs is 1. The lowest BCUT2D eigenvalue weighted by Crippen LogP contribution is -2.63. The molecule has 0 unspecified atom stereocenters. The number of nitrogens with two attached hydrogens (primary N) is 2. The van der Waals surface area contributed by atoms with Crippen molar-refractivity contribution < 1.29 is 32.6 Å². The highest BCUT2D eigenvalue weighted by Gasteiger charge is 2.43. The number of hydrogen-bond acceptors (Lipinski definition) is 7. The van der Waals surface area contributed by atoms with E-state index < -0.39 is 36.0 Å². The maximum atomic E-state index is 13.7. The summed E-state index contributed by atoms with van der Waals surface area (Å²) in [6.07, 6.45) is -3.70. The van der Waals surface area contributed by atoms with Crippen LogP contribution in [0.1, 0.15) is 32.7 Å². The minimum Gasteiger partial charge on any atom is -0.489 e. The number of rotatable bonds is 10. The monoisotopic (exact) mass is 596 g/mol. The number of benzene rings is 2. The Morgan fingerprint density at radius 2 is 1.65 bits per heavy atom. The molecule has 226 valence electrons. The maximum absolute atomic E-state index is 13.7. The van der Waals surface area contributed by atoms with Crippen molar-refractivity contribution in [3.8, 4) is 5.75 Å². The molecule has 13 heteroatoms. The van der Waals surface area contributed by atoms with Crippen LogP contribution in [0.5, 0.6) is 5.75 Å². The number of amides is 2. The number of carbonyl (C=O) groups excluding carboxylic acids is 2. The summed E-state index contributed by atoms with van der Waals surface area (Å²) in [5.41, 5.74) is 9.40. The van der Waals surface area contributed by atoms with Crippen LogP contribution >= 0.6 is 0 Å². The third-order valence-electron chi connectivity index (χ3n) is 7.61. The Morgan fingerprint density at radius 3 is 2.30 bits per heavy atom.